The monoisotopic (exact) mass is 291 g/mol. The zero-order valence-corrected chi connectivity index (χ0v) is 12.8. The van der Waals surface area contributed by atoms with Gasteiger partial charge in [0.05, 0.1) is 19.8 Å². The summed E-state index contributed by atoms with van der Waals surface area (Å²) in [5.41, 5.74) is 1.25. The summed E-state index contributed by atoms with van der Waals surface area (Å²) in [6.45, 7) is 8.17. The molecule has 0 amide bonds. The van der Waals surface area contributed by atoms with E-state index in [1.54, 1.807) is 7.11 Å². The summed E-state index contributed by atoms with van der Waals surface area (Å²) < 4.78 is 11.1. The van der Waals surface area contributed by atoms with Gasteiger partial charge < -0.3 is 19.7 Å². The van der Waals surface area contributed by atoms with E-state index in [1.165, 1.54) is 5.69 Å². The molecular formula is C16H25N3O2. The summed E-state index contributed by atoms with van der Waals surface area (Å²) >= 11 is 0. The number of methoxy groups -OCH3 is 1. The van der Waals surface area contributed by atoms with Crippen molar-refractivity contribution in [2.45, 2.75) is 6.10 Å². The molecule has 1 aromatic rings. The Labute approximate surface area is 126 Å². The molecule has 2 aliphatic heterocycles. The molecular weight excluding hydrogens is 266 g/mol. The van der Waals surface area contributed by atoms with E-state index < -0.39 is 0 Å². The predicted octanol–water partition coefficient (Wildman–Crippen LogP) is 0.806. The molecule has 2 aliphatic rings. The lowest BCUT2D eigenvalue weighted by Gasteiger charge is -2.38. The molecule has 0 saturated carbocycles. The Hall–Kier alpha value is -1.30. The fraction of sp³-hybridized carbons (Fsp3) is 0.625. The predicted molar refractivity (Wildman–Crippen MR) is 84.3 cm³/mol. The van der Waals surface area contributed by atoms with Crippen molar-refractivity contribution in [1.29, 1.82) is 0 Å². The highest BCUT2D eigenvalue weighted by molar-refractivity contribution is 5.51. The van der Waals surface area contributed by atoms with Crippen LogP contribution >= 0.6 is 0 Å². The number of nitrogens with zero attached hydrogens (tertiary/aromatic N) is 2. The third kappa shape index (κ3) is 3.87. The number of ether oxygens (including phenoxy) is 2. The lowest BCUT2D eigenvalue weighted by Crippen LogP contribution is -2.51. The van der Waals surface area contributed by atoms with Gasteiger partial charge in [0.15, 0.2) is 0 Å². The molecule has 0 aliphatic carbocycles. The molecule has 116 valence electrons. The molecule has 2 fully saturated rings. The molecule has 2 heterocycles. The second kappa shape index (κ2) is 7.11. The molecule has 0 radical (unpaired) electrons. The van der Waals surface area contributed by atoms with Gasteiger partial charge in [-0.3, -0.25) is 4.90 Å². The largest absolute Gasteiger partial charge is 0.497 e. The first kappa shape index (κ1) is 14.6. The first-order valence-corrected chi connectivity index (χ1v) is 7.79. The standard InChI is InChI=1S/C16H25N3O2/c1-20-15-4-2-3-14(11-15)19-8-6-18(7-9-19)13-16-12-17-5-10-21-16/h2-4,11,16-17H,5-10,12-13H2,1H3. The van der Waals surface area contributed by atoms with Crippen LogP contribution in [0.2, 0.25) is 0 Å². The van der Waals surface area contributed by atoms with Crippen LogP contribution in [0.25, 0.3) is 0 Å². The molecule has 0 spiro atoms. The van der Waals surface area contributed by atoms with Crippen molar-refractivity contribution < 1.29 is 9.47 Å². The summed E-state index contributed by atoms with van der Waals surface area (Å²) in [5, 5.41) is 3.40. The van der Waals surface area contributed by atoms with Crippen LogP contribution in [0.4, 0.5) is 5.69 Å². The molecule has 2 saturated heterocycles. The minimum Gasteiger partial charge on any atom is -0.497 e. The zero-order chi connectivity index (χ0) is 14.5. The topological polar surface area (TPSA) is 37.0 Å². The van der Waals surface area contributed by atoms with Crippen LogP contribution in [0.5, 0.6) is 5.75 Å². The average Bonchev–Trinajstić information content (AvgIpc) is 2.56. The molecule has 1 aromatic carbocycles. The number of rotatable bonds is 4. The number of morpholine rings is 1. The van der Waals surface area contributed by atoms with E-state index in [1.807, 2.05) is 6.07 Å². The third-order valence-electron chi connectivity index (χ3n) is 4.26. The first-order chi connectivity index (χ1) is 10.3. The Kier molecular flexibility index (Phi) is 4.95. The minimum atomic E-state index is 0.349. The van der Waals surface area contributed by atoms with Gasteiger partial charge in [0, 0.05) is 57.6 Å². The maximum atomic E-state index is 5.79. The van der Waals surface area contributed by atoms with Crippen molar-refractivity contribution in [2.24, 2.45) is 0 Å². The maximum absolute atomic E-state index is 5.79. The van der Waals surface area contributed by atoms with Gasteiger partial charge in [-0.25, -0.2) is 0 Å². The lowest BCUT2D eigenvalue weighted by atomic mass is 10.2. The van der Waals surface area contributed by atoms with Crippen molar-refractivity contribution in [2.75, 3.05) is 64.4 Å². The number of piperazine rings is 1. The Morgan fingerprint density at radius 3 is 2.86 bits per heavy atom. The second-order valence-corrected chi connectivity index (χ2v) is 5.69. The molecule has 0 aromatic heterocycles. The molecule has 1 atom stereocenters. The first-order valence-electron chi connectivity index (χ1n) is 7.79. The van der Waals surface area contributed by atoms with Gasteiger partial charge in [0.25, 0.3) is 0 Å². The van der Waals surface area contributed by atoms with Crippen molar-refractivity contribution in [3.63, 3.8) is 0 Å². The Balaban J connectivity index is 1.50. The minimum absolute atomic E-state index is 0.349. The number of hydrogen-bond donors (Lipinski definition) is 1. The van der Waals surface area contributed by atoms with Gasteiger partial charge in [-0.1, -0.05) is 6.07 Å². The molecule has 21 heavy (non-hydrogen) atoms. The SMILES string of the molecule is COc1cccc(N2CCN(CC3CNCCO3)CC2)c1. The molecule has 3 rings (SSSR count). The lowest BCUT2D eigenvalue weighted by molar-refractivity contribution is 0.00465. The Morgan fingerprint density at radius 2 is 2.14 bits per heavy atom. The highest BCUT2D eigenvalue weighted by Crippen LogP contribution is 2.22. The quantitative estimate of drug-likeness (QED) is 0.888. The normalized spacial score (nSPS) is 24.0. The summed E-state index contributed by atoms with van der Waals surface area (Å²) in [4.78, 5) is 4.94. The zero-order valence-electron chi connectivity index (χ0n) is 12.8. The van der Waals surface area contributed by atoms with Crippen molar-refractivity contribution in [3.05, 3.63) is 24.3 Å². The van der Waals surface area contributed by atoms with Gasteiger partial charge in [0.1, 0.15) is 5.75 Å². The van der Waals surface area contributed by atoms with Crippen LogP contribution in [-0.4, -0.2) is 70.5 Å². The van der Waals surface area contributed by atoms with Gasteiger partial charge in [-0.05, 0) is 12.1 Å². The van der Waals surface area contributed by atoms with Crippen LogP contribution in [0.1, 0.15) is 0 Å². The summed E-state index contributed by atoms with van der Waals surface area (Å²) in [7, 11) is 1.72. The molecule has 1 unspecified atom stereocenters. The highest BCUT2D eigenvalue weighted by atomic mass is 16.5. The van der Waals surface area contributed by atoms with Crippen molar-refractivity contribution in [1.82, 2.24) is 10.2 Å². The van der Waals surface area contributed by atoms with Crippen LogP contribution in [0.3, 0.4) is 0 Å². The van der Waals surface area contributed by atoms with E-state index in [9.17, 15) is 0 Å². The number of benzene rings is 1. The van der Waals surface area contributed by atoms with Crippen LogP contribution < -0.4 is 15.0 Å². The van der Waals surface area contributed by atoms with E-state index in [0.29, 0.717) is 6.10 Å². The molecule has 5 heteroatoms. The van der Waals surface area contributed by atoms with E-state index in [2.05, 4.69) is 33.3 Å². The fourth-order valence-electron chi connectivity index (χ4n) is 3.02. The number of anilines is 1. The van der Waals surface area contributed by atoms with E-state index >= 15 is 0 Å². The van der Waals surface area contributed by atoms with E-state index in [-0.39, 0.29) is 0 Å². The average molecular weight is 291 g/mol. The van der Waals surface area contributed by atoms with Crippen molar-refractivity contribution in [3.8, 4) is 5.75 Å². The Bertz CT molecular complexity index is 441. The van der Waals surface area contributed by atoms with Crippen molar-refractivity contribution >= 4 is 5.69 Å². The summed E-state index contributed by atoms with van der Waals surface area (Å²) in [6.07, 6.45) is 0.349. The van der Waals surface area contributed by atoms with Crippen LogP contribution in [-0.2, 0) is 4.74 Å². The van der Waals surface area contributed by atoms with E-state index in [4.69, 9.17) is 9.47 Å². The van der Waals surface area contributed by atoms with Gasteiger partial charge in [-0.2, -0.15) is 0 Å². The van der Waals surface area contributed by atoms with Gasteiger partial charge in [-0.15, -0.1) is 0 Å². The van der Waals surface area contributed by atoms with Gasteiger partial charge >= 0.3 is 0 Å². The highest BCUT2D eigenvalue weighted by Gasteiger charge is 2.22. The van der Waals surface area contributed by atoms with Crippen LogP contribution in [0, 0.1) is 0 Å². The fourth-order valence-corrected chi connectivity index (χ4v) is 3.02. The second-order valence-electron chi connectivity index (χ2n) is 5.69. The summed E-state index contributed by atoms with van der Waals surface area (Å²) in [5.74, 6) is 0.927. The maximum Gasteiger partial charge on any atom is 0.120 e. The van der Waals surface area contributed by atoms with E-state index in [0.717, 1.165) is 58.2 Å². The third-order valence-corrected chi connectivity index (χ3v) is 4.26. The Morgan fingerprint density at radius 1 is 1.29 bits per heavy atom. The molecule has 0 bridgehead atoms. The molecule has 5 nitrogen and oxygen atoms in total. The molecule has 1 N–H and O–H groups in total. The van der Waals surface area contributed by atoms with Gasteiger partial charge in [0.2, 0.25) is 0 Å². The summed E-state index contributed by atoms with van der Waals surface area (Å²) in [6, 6.07) is 8.32. The smallest absolute Gasteiger partial charge is 0.120 e. The number of nitrogens with one attached hydrogen (secondary N) is 1. The van der Waals surface area contributed by atoms with Crippen LogP contribution in [0.15, 0.2) is 24.3 Å². The number of hydrogen-bond acceptors (Lipinski definition) is 5.